The van der Waals surface area contributed by atoms with E-state index in [0.717, 1.165) is 38.9 Å². The SMILES string of the molecule is CCCCCC(=O)NCc1ccccc1CN(CC)CC. The molecule has 3 heteroatoms. The van der Waals surface area contributed by atoms with Crippen molar-refractivity contribution in [3.05, 3.63) is 35.4 Å². The van der Waals surface area contributed by atoms with Crippen LogP contribution >= 0.6 is 0 Å². The number of carbonyl (C=O) groups is 1. The number of carbonyl (C=O) groups excluding carboxylic acids is 1. The third-order valence-electron chi connectivity index (χ3n) is 3.89. The lowest BCUT2D eigenvalue weighted by Crippen LogP contribution is -2.25. The highest BCUT2D eigenvalue weighted by Gasteiger charge is 2.07. The summed E-state index contributed by atoms with van der Waals surface area (Å²) in [5.74, 6) is 0.168. The molecular weight excluding hydrogens is 260 g/mol. The van der Waals surface area contributed by atoms with Crippen LogP contribution in [0.15, 0.2) is 24.3 Å². The number of amides is 1. The molecule has 21 heavy (non-hydrogen) atoms. The Kier molecular flexibility index (Phi) is 8.76. The number of hydrogen-bond acceptors (Lipinski definition) is 2. The van der Waals surface area contributed by atoms with Crippen LogP contribution < -0.4 is 5.32 Å². The van der Waals surface area contributed by atoms with E-state index in [-0.39, 0.29) is 5.91 Å². The molecule has 0 heterocycles. The molecule has 0 atom stereocenters. The molecule has 0 radical (unpaired) electrons. The van der Waals surface area contributed by atoms with Crippen LogP contribution in [0.25, 0.3) is 0 Å². The molecule has 3 nitrogen and oxygen atoms in total. The predicted molar refractivity (Wildman–Crippen MR) is 89.1 cm³/mol. The second-order valence-electron chi connectivity index (χ2n) is 5.46. The fourth-order valence-electron chi connectivity index (χ4n) is 2.39. The lowest BCUT2D eigenvalue weighted by atomic mass is 10.1. The van der Waals surface area contributed by atoms with Gasteiger partial charge in [-0.1, -0.05) is 57.9 Å². The summed E-state index contributed by atoms with van der Waals surface area (Å²) in [7, 11) is 0. The van der Waals surface area contributed by atoms with Crippen LogP contribution in [0.1, 0.15) is 57.6 Å². The van der Waals surface area contributed by atoms with E-state index in [1.165, 1.54) is 11.1 Å². The Morgan fingerprint density at radius 3 is 2.33 bits per heavy atom. The molecule has 1 aromatic rings. The maximum atomic E-state index is 11.8. The minimum Gasteiger partial charge on any atom is -0.352 e. The molecule has 0 aliphatic rings. The van der Waals surface area contributed by atoms with E-state index in [1.807, 2.05) is 6.07 Å². The first-order valence-electron chi connectivity index (χ1n) is 8.27. The minimum absolute atomic E-state index is 0.168. The smallest absolute Gasteiger partial charge is 0.220 e. The Morgan fingerprint density at radius 1 is 1.05 bits per heavy atom. The van der Waals surface area contributed by atoms with Gasteiger partial charge < -0.3 is 5.32 Å². The maximum absolute atomic E-state index is 11.8. The van der Waals surface area contributed by atoms with Crippen LogP contribution in [-0.4, -0.2) is 23.9 Å². The second kappa shape index (κ2) is 10.4. The summed E-state index contributed by atoms with van der Waals surface area (Å²) in [5.41, 5.74) is 2.54. The molecule has 0 aromatic heterocycles. The molecule has 0 aliphatic heterocycles. The molecule has 0 aliphatic carbocycles. The van der Waals surface area contributed by atoms with Gasteiger partial charge in [0.2, 0.25) is 5.91 Å². The average Bonchev–Trinajstić information content (AvgIpc) is 2.51. The number of hydrogen-bond donors (Lipinski definition) is 1. The second-order valence-corrected chi connectivity index (χ2v) is 5.46. The molecule has 0 bridgehead atoms. The highest BCUT2D eigenvalue weighted by atomic mass is 16.1. The van der Waals surface area contributed by atoms with Gasteiger partial charge in [-0.05, 0) is 30.6 Å². The fraction of sp³-hybridized carbons (Fsp3) is 0.611. The number of nitrogens with one attached hydrogen (secondary N) is 1. The van der Waals surface area contributed by atoms with Gasteiger partial charge in [-0.2, -0.15) is 0 Å². The van der Waals surface area contributed by atoms with Crippen molar-refractivity contribution in [2.75, 3.05) is 13.1 Å². The summed E-state index contributed by atoms with van der Waals surface area (Å²) in [6.07, 6.45) is 3.92. The van der Waals surface area contributed by atoms with E-state index < -0.39 is 0 Å². The van der Waals surface area contributed by atoms with Gasteiger partial charge in [-0.25, -0.2) is 0 Å². The average molecular weight is 290 g/mol. The van der Waals surface area contributed by atoms with Gasteiger partial charge in [0.05, 0.1) is 0 Å². The van der Waals surface area contributed by atoms with Crippen molar-refractivity contribution in [2.24, 2.45) is 0 Å². The van der Waals surface area contributed by atoms with Crippen LogP contribution in [0.3, 0.4) is 0 Å². The summed E-state index contributed by atoms with van der Waals surface area (Å²) >= 11 is 0. The molecule has 0 fully saturated rings. The van der Waals surface area contributed by atoms with E-state index in [1.54, 1.807) is 0 Å². The van der Waals surface area contributed by atoms with E-state index in [0.29, 0.717) is 13.0 Å². The van der Waals surface area contributed by atoms with Crippen LogP contribution in [0.5, 0.6) is 0 Å². The lowest BCUT2D eigenvalue weighted by molar-refractivity contribution is -0.121. The highest BCUT2D eigenvalue weighted by molar-refractivity contribution is 5.75. The summed E-state index contributed by atoms with van der Waals surface area (Å²) in [6, 6.07) is 8.40. The van der Waals surface area contributed by atoms with Gasteiger partial charge in [-0.15, -0.1) is 0 Å². The minimum atomic E-state index is 0.168. The van der Waals surface area contributed by atoms with Crippen molar-refractivity contribution in [1.29, 1.82) is 0 Å². The zero-order chi connectivity index (χ0) is 15.5. The Hall–Kier alpha value is -1.35. The lowest BCUT2D eigenvalue weighted by Gasteiger charge is -2.20. The molecule has 0 saturated heterocycles. The van der Waals surface area contributed by atoms with Gasteiger partial charge in [0.25, 0.3) is 0 Å². The van der Waals surface area contributed by atoms with Gasteiger partial charge in [0, 0.05) is 19.5 Å². The standard InChI is InChI=1S/C18H30N2O/c1-4-7-8-13-18(21)19-14-16-11-9-10-12-17(16)15-20(5-2)6-3/h9-12H,4-8,13-15H2,1-3H3,(H,19,21). The van der Waals surface area contributed by atoms with Crippen molar-refractivity contribution < 1.29 is 4.79 Å². The Labute approximate surface area is 129 Å². The molecule has 118 valence electrons. The third-order valence-corrected chi connectivity index (χ3v) is 3.89. The Bertz CT molecular complexity index is 413. The summed E-state index contributed by atoms with van der Waals surface area (Å²) in [6.45, 7) is 10.2. The van der Waals surface area contributed by atoms with Crippen LogP contribution in [0.2, 0.25) is 0 Å². The van der Waals surface area contributed by atoms with Crippen molar-refractivity contribution in [3.8, 4) is 0 Å². The van der Waals surface area contributed by atoms with Crippen molar-refractivity contribution in [1.82, 2.24) is 10.2 Å². The largest absolute Gasteiger partial charge is 0.352 e. The topological polar surface area (TPSA) is 32.3 Å². The van der Waals surface area contributed by atoms with E-state index in [9.17, 15) is 4.79 Å². The molecule has 0 saturated carbocycles. The molecule has 1 N–H and O–H groups in total. The summed E-state index contributed by atoms with van der Waals surface area (Å²) < 4.78 is 0. The van der Waals surface area contributed by atoms with E-state index in [2.05, 4.69) is 49.2 Å². The fourth-order valence-corrected chi connectivity index (χ4v) is 2.39. The zero-order valence-corrected chi connectivity index (χ0v) is 13.8. The summed E-state index contributed by atoms with van der Waals surface area (Å²) in [4.78, 5) is 14.2. The first-order valence-corrected chi connectivity index (χ1v) is 8.27. The first-order chi connectivity index (χ1) is 10.2. The van der Waals surface area contributed by atoms with E-state index >= 15 is 0 Å². The van der Waals surface area contributed by atoms with Crippen LogP contribution in [0.4, 0.5) is 0 Å². The Morgan fingerprint density at radius 2 is 1.71 bits per heavy atom. The molecule has 1 amide bonds. The van der Waals surface area contributed by atoms with Gasteiger partial charge in [-0.3, -0.25) is 9.69 Å². The number of rotatable bonds is 10. The molecule has 0 unspecified atom stereocenters. The highest BCUT2D eigenvalue weighted by Crippen LogP contribution is 2.12. The number of unbranched alkanes of at least 4 members (excludes halogenated alkanes) is 2. The van der Waals surface area contributed by atoms with Crippen molar-refractivity contribution >= 4 is 5.91 Å². The van der Waals surface area contributed by atoms with Gasteiger partial charge >= 0.3 is 0 Å². The number of benzene rings is 1. The normalized spacial score (nSPS) is 10.9. The molecule has 1 rings (SSSR count). The zero-order valence-electron chi connectivity index (χ0n) is 13.8. The van der Waals surface area contributed by atoms with Gasteiger partial charge in [0.1, 0.15) is 0 Å². The first kappa shape index (κ1) is 17.7. The summed E-state index contributed by atoms with van der Waals surface area (Å²) in [5, 5.41) is 3.05. The predicted octanol–water partition coefficient (Wildman–Crippen LogP) is 3.72. The Balaban J connectivity index is 2.52. The van der Waals surface area contributed by atoms with Crippen LogP contribution in [0, 0.1) is 0 Å². The third kappa shape index (κ3) is 6.76. The monoisotopic (exact) mass is 290 g/mol. The maximum Gasteiger partial charge on any atom is 0.220 e. The van der Waals surface area contributed by atoms with Gasteiger partial charge in [0.15, 0.2) is 0 Å². The quantitative estimate of drug-likeness (QED) is 0.666. The van der Waals surface area contributed by atoms with Crippen LogP contribution in [-0.2, 0) is 17.9 Å². The van der Waals surface area contributed by atoms with Crippen molar-refractivity contribution in [2.45, 2.75) is 59.5 Å². The number of nitrogens with zero attached hydrogens (tertiary/aromatic N) is 1. The molecule has 0 spiro atoms. The molecule has 1 aromatic carbocycles. The van der Waals surface area contributed by atoms with Crippen molar-refractivity contribution in [3.63, 3.8) is 0 Å². The van der Waals surface area contributed by atoms with E-state index in [4.69, 9.17) is 0 Å². The molecular formula is C18H30N2O.